The van der Waals surface area contributed by atoms with Crippen LogP contribution in [-0.2, 0) is 4.79 Å². The quantitative estimate of drug-likeness (QED) is 0.775. The molecule has 2 aromatic rings. The largest absolute Gasteiger partial charge is 0.478 e. The van der Waals surface area contributed by atoms with E-state index in [1.165, 1.54) is 6.07 Å². The summed E-state index contributed by atoms with van der Waals surface area (Å²) in [4.78, 5) is 37.1. The number of fused-ring (bicyclic) bond motifs is 3. The summed E-state index contributed by atoms with van der Waals surface area (Å²) in [6.45, 7) is 0. The van der Waals surface area contributed by atoms with E-state index in [2.05, 4.69) is 21.2 Å². The fourth-order valence-electron chi connectivity index (χ4n) is 3.65. The summed E-state index contributed by atoms with van der Waals surface area (Å²) in [7, 11) is 0. The Kier molecular flexibility index (Phi) is 4.28. The summed E-state index contributed by atoms with van der Waals surface area (Å²) in [5.41, 5.74) is 2.25. The topological polar surface area (TPSA) is 83.5 Å². The molecule has 0 heterocycles. The van der Waals surface area contributed by atoms with Crippen molar-refractivity contribution in [2.24, 2.45) is 5.92 Å². The minimum atomic E-state index is -1.13. The van der Waals surface area contributed by atoms with Gasteiger partial charge in [0.15, 0.2) is 5.78 Å². The van der Waals surface area contributed by atoms with E-state index < -0.39 is 11.9 Å². The van der Waals surface area contributed by atoms with Crippen LogP contribution in [0.5, 0.6) is 0 Å². The predicted octanol–water partition coefficient (Wildman–Crippen LogP) is 4.18. The van der Waals surface area contributed by atoms with Gasteiger partial charge in [0, 0.05) is 21.5 Å². The third kappa shape index (κ3) is 2.92. The third-order valence-corrected chi connectivity index (χ3v) is 5.36. The molecule has 6 heteroatoms. The Hall–Kier alpha value is -2.99. The number of carbonyl (C=O) groups excluding carboxylic acids is 2. The van der Waals surface area contributed by atoms with Gasteiger partial charge in [-0.25, -0.2) is 4.79 Å². The van der Waals surface area contributed by atoms with Gasteiger partial charge < -0.3 is 10.4 Å². The number of nitrogens with one attached hydrogen (secondary N) is 1. The number of rotatable bonds is 3. The molecule has 0 aliphatic heterocycles. The van der Waals surface area contributed by atoms with E-state index in [4.69, 9.17) is 0 Å². The van der Waals surface area contributed by atoms with Crippen molar-refractivity contribution in [1.29, 1.82) is 0 Å². The number of aromatic carboxylic acids is 1. The van der Waals surface area contributed by atoms with Gasteiger partial charge in [-0.3, -0.25) is 9.59 Å². The molecule has 0 fully saturated rings. The second kappa shape index (κ2) is 6.63. The third-order valence-electron chi connectivity index (χ3n) is 4.86. The minimum absolute atomic E-state index is 0.00354. The average molecular weight is 424 g/mol. The average Bonchev–Trinajstić information content (AvgIpc) is 2.96. The number of benzene rings is 2. The van der Waals surface area contributed by atoms with Gasteiger partial charge in [-0.05, 0) is 23.8 Å². The monoisotopic (exact) mass is 423 g/mol. The van der Waals surface area contributed by atoms with Crippen molar-refractivity contribution in [1.82, 2.24) is 0 Å². The summed E-state index contributed by atoms with van der Waals surface area (Å²) < 4.78 is 0.607. The highest BCUT2D eigenvalue weighted by atomic mass is 79.9. The van der Waals surface area contributed by atoms with E-state index in [9.17, 15) is 19.5 Å². The van der Waals surface area contributed by atoms with Gasteiger partial charge in [-0.1, -0.05) is 58.4 Å². The number of Topliss-reactive ketones (excluding diaryl/α,β-unsaturated/α-hetero) is 1. The first-order chi connectivity index (χ1) is 13.0. The number of amides is 1. The van der Waals surface area contributed by atoms with Gasteiger partial charge in [0.2, 0.25) is 5.91 Å². The van der Waals surface area contributed by atoms with Gasteiger partial charge in [-0.2, -0.15) is 0 Å². The summed E-state index contributed by atoms with van der Waals surface area (Å²) in [6.07, 6.45) is 5.21. The van der Waals surface area contributed by atoms with Gasteiger partial charge in [0.25, 0.3) is 0 Å². The van der Waals surface area contributed by atoms with E-state index in [-0.39, 0.29) is 28.9 Å². The van der Waals surface area contributed by atoms with Crippen molar-refractivity contribution in [3.63, 3.8) is 0 Å². The lowest BCUT2D eigenvalue weighted by Gasteiger charge is -2.24. The van der Waals surface area contributed by atoms with Crippen LogP contribution in [0.1, 0.15) is 32.2 Å². The fraction of sp³-hybridized carbons (Fsp3) is 0.0952. The zero-order valence-corrected chi connectivity index (χ0v) is 15.6. The molecule has 27 heavy (non-hydrogen) atoms. The van der Waals surface area contributed by atoms with Crippen LogP contribution in [0.25, 0.3) is 0 Å². The van der Waals surface area contributed by atoms with E-state index in [0.717, 1.165) is 5.56 Å². The molecule has 2 atom stereocenters. The van der Waals surface area contributed by atoms with E-state index >= 15 is 0 Å². The number of hydrogen-bond acceptors (Lipinski definition) is 3. The molecule has 2 aliphatic rings. The summed E-state index contributed by atoms with van der Waals surface area (Å²) in [5, 5.41) is 12.1. The molecule has 2 unspecified atom stereocenters. The number of hydrogen-bond donors (Lipinski definition) is 2. The Morgan fingerprint density at radius 1 is 1.11 bits per heavy atom. The van der Waals surface area contributed by atoms with Crippen LogP contribution in [0.4, 0.5) is 5.69 Å². The maximum atomic E-state index is 13.0. The molecule has 2 aromatic carbocycles. The van der Waals surface area contributed by atoms with Crippen LogP contribution >= 0.6 is 15.9 Å². The number of ketones is 1. The Morgan fingerprint density at radius 3 is 2.67 bits per heavy atom. The van der Waals surface area contributed by atoms with Crippen LogP contribution < -0.4 is 5.32 Å². The molecule has 1 amide bonds. The maximum Gasteiger partial charge on any atom is 0.337 e. The van der Waals surface area contributed by atoms with Crippen LogP contribution in [0, 0.1) is 5.92 Å². The molecule has 2 N–H and O–H groups in total. The lowest BCUT2D eigenvalue weighted by Crippen LogP contribution is -2.29. The highest BCUT2D eigenvalue weighted by Gasteiger charge is 2.42. The van der Waals surface area contributed by atoms with E-state index in [0.29, 0.717) is 15.6 Å². The van der Waals surface area contributed by atoms with Crippen LogP contribution in [0.15, 0.2) is 70.7 Å². The number of carboxylic acid groups (broad SMARTS) is 1. The van der Waals surface area contributed by atoms with Crippen LogP contribution in [0.2, 0.25) is 0 Å². The van der Waals surface area contributed by atoms with Gasteiger partial charge in [-0.15, -0.1) is 0 Å². The van der Waals surface area contributed by atoms with Crippen molar-refractivity contribution in [3.05, 3.63) is 87.4 Å². The number of carbonyl (C=O) groups is 3. The molecule has 0 spiro atoms. The van der Waals surface area contributed by atoms with Gasteiger partial charge in [0.05, 0.1) is 17.2 Å². The second-order valence-corrected chi connectivity index (χ2v) is 7.33. The first-order valence-electron chi connectivity index (χ1n) is 8.33. The Morgan fingerprint density at radius 2 is 1.89 bits per heavy atom. The number of halogens is 1. The number of allylic oxidation sites excluding steroid dienone is 3. The summed E-state index contributed by atoms with van der Waals surface area (Å²) >= 11 is 3.24. The highest BCUT2D eigenvalue weighted by molar-refractivity contribution is 9.10. The van der Waals surface area contributed by atoms with Crippen molar-refractivity contribution in [2.75, 3.05) is 5.32 Å². The SMILES string of the molecule is O=C(O)c1cc(Br)ccc1NC(=O)C1C=CC=C2C(=O)c3ccccc3C21. The van der Waals surface area contributed by atoms with Crippen molar-refractivity contribution >= 4 is 39.3 Å². The van der Waals surface area contributed by atoms with Crippen LogP contribution in [-0.4, -0.2) is 22.8 Å². The Bertz CT molecular complexity index is 1050. The Balaban J connectivity index is 1.68. The number of anilines is 1. The zero-order chi connectivity index (χ0) is 19.1. The summed E-state index contributed by atoms with van der Waals surface area (Å²) in [5.74, 6) is -2.50. The molecule has 0 radical (unpaired) electrons. The van der Waals surface area contributed by atoms with Crippen molar-refractivity contribution in [3.8, 4) is 0 Å². The molecule has 134 valence electrons. The lowest BCUT2D eigenvalue weighted by atomic mass is 9.80. The molecule has 0 saturated carbocycles. The minimum Gasteiger partial charge on any atom is -0.478 e. The van der Waals surface area contributed by atoms with Crippen molar-refractivity contribution in [2.45, 2.75) is 5.92 Å². The number of carboxylic acids is 1. The lowest BCUT2D eigenvalue weighted by molar-refractivity contribution is -0.118. The second-order valence-electron chi connectivity index (χ2n) is 6.41. The van der Waals surface area contributed by atoms with Crippen LogP contribution in [0.3, 0.4) is 0 Å². The summed E-state index contributed by atoms with van der Waals surface area (Å²) in [6, 6.07) is 11.9. The van der Waals surface area contributed by atoms with E-state index in [1.54, 1.807) is 42.5 Å². The smallest absolute Gasteiger partial charge is 0.337 e. The molecule has 0 aromatic heterocycles. The normalized spacial score (nSPS) is 19.9. The standard InChI is InChI=1S/C21H14BrNO4/c22-11-8-9-17(16(10-11)21(26)27)23-20(25)15-7-3-6-14-18(15)12-4-1-2-5-13(12)19(14)24/h1-10,15,18H,(H,23,25)(H,26,27). The highest BCUT2D eigenvalue weighted by Crippen LogP contribution is 2.45. The van der Waals surface area contributed by atoms with Crippen molar-refractivity contribution < 1.29 is 19.5 Å². The molecule has 0 saturated heterocycles. The zero-order valence-electron chi connectivity index (χ0n) is 14.0. The molecular formula is C21H14BrNO4. The first-order valence-corrected chi connectivity index (χ1v) is 9.12. The fourth-order valence-corrected chi connectivity index (χ4v) is 4.01. The van der Waals surface area contributed by atoms with E-state index in [1.807, 2.05) is 12.1 Å². The molecule has 0 bridgehead atoms. The first kappa shape index (κ1) is 17.4. The molecular weight excluding hydrogens is 410 g/mol. The molecule has 2 aliphatic carbocycles. The Labute approximate surface area is 163 Å². The van der Waals surface area contributed by atoms with Gasteiger partial charge in [0.1, 0.15) is 0 Å². The predicted molar refractivity (Wildman–Crippen MR) is 104 cm³/mol. The molecule has 4 rings (SSSR count). The molecule has 5 nitrogen and oxygen atoms in total. The maximum absolute atomic E-state index is 13.0. The van der Waals surface area contributed by atoms with Gasteiger partial charge >= 0.3 is 5.97 Å².